The number of aromatic nitrogens is 4. The van der Waals surface area contributed by atoms with Crippen LogP contribution in [0.25, 0.3) is 0 Å². The van der Waals surface area contributed by atoms with Gasteiger partial charge in [-0.25, -0.2) is 9.97 Å². The zero-order valence-corrected chi connectivity index (χ0v) is 77.8. The maximum atomic E-state index is 13.1. The number of imidazole rings is 2. The highest BCUT2D eigenvalue weighted by Crippen LogP contribution is 2.26. The Kier molecular flexibility index (Phi) is 80.9. The molecule has 0 saturated heterocycles. The molecule has 674 valence electrons. The molecule has 0 fully saturated rings. The van der Waals surface area contributed by atoms with E-state index in [1.807, 2.05) is 18.7 Å². The Balaban J connectivity index is 0.00000115. The van der Waals surface area contributed by atoms with Crippen LogP contribution in [0.15, 0.2) is 31.1 Å². The number of rotatable bonds is 88. The lowest BCUT2D eigenvalue weighted by molar-refractivity contribution is -0.150. The number of ether oxygens (including phenoxy) is 4. The molecule has 2 heterocycles. The van der Waals surface area contributed by atoms with Gasteiger partial charge in [-0.3, -0.25) is 19.2 Å². The van der Waals surface area contributed by atoms with Gasteiger partial charge in [0.05, 0.1) is 56.4 Å². The van der Waals surface area contributed by atoms with Gasteiger partial charge in [0.15, 0.2) is 0 Å². The monoisotopic (exact) mass is 1620 g/mol. The van der Waals surface area contributed by atoms with Crippen LogP contribution in [0.4, 0.5) is 0 Å². The molecule has 0 spiro atoms. The Hall–Kier alpha value is -3.78. The summed E-state index contributed by atoms with van der Waals surface area (Å²) in [6.45, 7) is 31.1. The van der Waals surface area contributed by atoms with Crippen molar-refractivity contribution in [3.63, 3.8) is 0 Å². The molecule has 2 aromatic heterocycles. The van der Waals surface area contributed by atoms with Gasteiger partial charge in [-0.1, -0.05) is 364 Å². The molecule has 14 heteroatoms. The first-order valence-corrected chi connectivity index (χ1v) is 50.6. The first-order chi connectivity index (χ1) is 56.5. The Labute approximate surface area is 712 Å². The molecule has 0 radical (unpaired) electrons. The van der Waals surface area contributed by atoms with E-state index >= 15 is 0 Å². The van der Waals surface area contributed by atoms with E-state index in [1.54, 1.807) is 0 Å². The first-order valence-electron chi connectivity index (χ1n) is 50.6. The Bertz CT molecular complexity index is 2230. The van der Waals surface area contributed by atoms with Gasteiger partial charge in [0.25, 0.3) is 0 Å². The molecule has 0 aromatic carbocycles. The van der Waals surface area contributed by atoms with Gasteiger partial charge in [0.1, 0.15) is 5.82 Å². The SMILES string of the molecule is CCCCCCCCC(CCCCCC)C(=O)OCCCCCCN(CCCCCCOC(=O)C(CCCCCC)CCCCCCCC)CCCn1ccnc1.CCCCCCCCC(CCCCCC)C(=O)OCCCCCCN(CCCCCCOC(=O)C(CCCCCC)CCCCCCCC)CCCn1ccnc1C. The van der Waals surface area contributed by atoms with E-state index in [4.69, 9.17) is 18.9 Å². The molecular formula is C101H192N6O8. The van der Waals surface area contributed by atoms with Crippen LogP contribution in [0.2, 0.25) is 0 Å². The average Bonchev–Trinajstić information content (AvgIpc) is 1.67. The van der Waals surface area contributed by atoms with Gasteiger partial charge in [-0.2, -0.15) is 0 Å². The normalized spacial score (nSPS) is 12.7. The lowest BCUT2D eigenvalue weighted by Gasteiger charge is -2.22. The lowest BCUT2D eigenvalue weighted by Crippen LogP contribution is -2.28. The van der Waals surface area contributed by atoms with Crippen LogP contribution in [0.5, 0.6) is 0 Å². The van der Waals surface area contributed by atoms with Crippen LogP contribution >= 0.6 is 0 Å². The summed E-state index contributed by atoms with van der Waals surface area (Å²) in [6.07, 6.45) is 87.8. The lowest BCUT2D eigenvalue weighted by atomic mass is 9.94. The van der Waals surface area contributed by atoms with E-state index in [9.17, 15) is 19.2 Å². The summed E-state index contributed by atoms with van der Waals surface area (Å²) in [6, 6.07) is 0. The summed E-state index contributed by atoms with van der Waals surface area (Å²) in [5, 5.41) is 0. The topological polar surface area (TPSA) is 147 Å². The second kappa shape index (κ2) is 85.2. The molecule has 0 aliphatic rings. The summed E-state index contributed by atoms with van der Waals surface area (Å²) in [5.74, 6) is 1.71. The van der Waals surface area contributed by atoms with Gasteiger partial charge in [0, 0.05) is 37.9 Å². The smallest absolute Gasteiger partial charge is 0.308 e. The van der Waals surface area contributed by atoms with E-state index in [2.05, 4.69) is 104 Å². The van der Waals surface area contributed by atoms with E-state index in [1.165, 1.54) is 257 Å². The molecule has 0 bridgehead atoms. The fourth-order valence-corrected chi connectivity index (χ4v) is 16.5. The third-order valence-electron chi connectivity index (χ3n) is 24.3. The van der Waals surface area contributed by atoms with E-state index in [-0.39, 0.29) is 47.5 Å². The van der Waals surface area contributed by atoms with Gasteiger partial charge < -0.3 is 37.9 Å². The number of nitrogens with zero attached hydrogens (tertiary/aromatic N) is 6. The van der Waals surface area contributed by atoms with Crippen LogP contribution in [-0.4, -0.2) is 118 Å². The fraction of sp³-hybridized carbons (Fsp3) is 0.901. The average molecular weight is 1620 g/mol. The fourth-order valence-electron chi connectivity index (χ4n) is 16.5. The zero-order valence-electron chi connectivity index (χ0n) is 77.8. The first kappa shape index (κ1) is 109. The van der Waals surface area contributed by atoms with Crippen LogP contribution in [-0.2, 0) is 51.2 Å². The van der Waals surface area contributed by atoms with Crippen molar-refractivity contribution in [2.45, 2.75) is 499 Å². The number of unbranched alkanes of at least 4 members (excludes halogenated alkanes) is 44. The summed E-state index contributed by atoms with van der Waals surface area (Å²) in [7, 11) is 0. The zero-order chi connectivity index (χ0) is 83.4. The van der Waals surface area contributed by atoms with Crippen molar-refractivity contribution in [1.29, 1.82) is 0 Å². The predicted octanol–water partition coefficient (Wildman–Crippen LogP) is 29.2. The Morgan fingerprint density at radius 3 is 0.748 bits per heavy atom. The van der Waals surface area contributed by atoms with Crippen molar-refractivity contribution < 1.29 is 38.1 Å². The van der Waals surface area contributed by atoms with Crippen molar-refractivity contribution in [2.24, 2.45) is 23.7 Å². The predicted molar refractivity (Wildman–Crippen MR) is 490 cm³/mol. The van der Waals surface area contributed by atoms with Gasteiger partial charge in [-0.05, 0) is 162 Å². The molecule has 4 unspecified atom stereocenters. The molecule has 0 aliphatic carbocycles. The van der Waals surface area contributed by atoms with Crippen LogP contribution < -0.4 is 0 Å². The number of carbonyl (C=O) groups is 4. The molecule has 0 amide bonds. The molecule has 2 rings (SSSR count). The second-order valence-corrected chi connectivity index (χ2v) is 35.1. The van der Waals surface area contributed by atoms with Gasteiger partial charge in [-0.15, -0.1) is 0 Å². The number of hydrogen-bond acceptors (Lipinski definition) is 12. The molecule has 0 saturated carbocycles. The summed E-state index contributed by atoms with van der Waals surface area (Å²) >= 11 is 0. The number of esters is 4. The summed E-state index contributed by atoms with van der Waals surface area (Å²) in [4.78, 5) is 66.1. The number of hydrogen-bond donors (Lipinski definition) is 0. The van der Waals surface area contributed by atoms with Crippen molar-refractivity contribution in [3.05, 3.63) is 36.9 Å². The largest absolute Gasteiger partial charge is 0.465 e. The highest BCUT2D eigenvalue weighted by atomic mass is 16.5. The third kappa shape index (κ3) is 68.6. The van der Waals surface area contributed by atoms with Crippen molar-refractivity contribution in [1.82, 2.24) is 28.9 Å². The molecular weight excluding hydrogens is 1430 g/mol. The highest BCUT2D eigenvalue weighted by molar-refractivity contribution is 5.73. The van der Waals surface area contributed by atoms with E-state index in [0.29, 0.717) is 26.4 Å². The Morgan fingerprint density at radius 2 is 0.504 bits per heavy atom. The van der Waals surface area contributed by atoms with Crippen LogP contribution in [0.1, 0.15) is 485 Å². The summed E-state index contributed by atoms with van der Waals surface area (Å²) in [5.41, 5.74) is 0. The third-order valence-corrected chi connectivity index (χ3v) is 24.3. The van der Waals surface area contributed by atoms with Gasteiger partial charge >= 0.3 is 23.9 Å². The molecule has 0 N–H and O–H groups in total. The molecule has 14 nitrogen and oxygen atoms in total. The molecule has 4 atom stereocenters. The standard InChI is InChI=1S/C51H97N3O4.C50H95N3O4/c1-6-10-14-18-20-28-37-48(35-26-16-12-8-3)50(55)57-45-32-24-22-30-40-53(42-34-43-54-44-39-52-47(54)5)41-31-23-25-33-46-58-51(56)49(36-27-17-13-9-4)38-29-21-19-15-11-7-2;1-5-9-13-17-19-27-36-47(34-25-15-11-7-3)49(54)56-44-31-23-21-29-39-52(41-33-42-53-43-38-51-46-53)40-30-22-24-32-45-57-50(55)48(35-26-16-12-8-4)37-28-20-18-14-10-6-2/h39,44,48-49H,6-38,40-43,45-46H2,1-5H3;38,43,46-48H,5-37,39-42,44-45H2,1-4H3. The maximum absolute atomic E-state index is 13.1. The minimum absolute atomic E-state index is 0.0628. The van der Waals surface area contributed by atoms with Gasteiger partial charge in [0.2, 0.25) is 0 Å². The minimum Gasteiger partial charge on any atom is -0.465 e. The summed E-state index contributed by atoms with van der Waals surface area (Å²) < 4.78 is 27.9. The van der Waals surface area contributed by atoms with Crippen molar-refractivity contribution >= 4 is 23.9 Å². The maximum Gasteiger partial charge on any atom is 0.308 e. The van der Waals surface area contributed by atoms with Crippen molar-refractivity contribution in [3.8, 4) is 0 Å². The van der Waals surface area contributed by atoms with Crippen molar-refractivity contribution in [2.75, 3.05) is 65.7 Å². The molecule has 0 aliphatic heterocycles. The number of aryl methyl sites for hydroxylation is 3. The molecule has 115 heavy (non-hydrogen) atoms. The quantitative estimate of drug-likeness (QED) is 0.0353. The van der Waals surface area contributed by atoms with E-state index < -0.39 is 0 Å². The minimum atomic E-state index is 0.0628. The number of carbonyl (C=O) groups excluding carboxylic acids is 4. The Morgan fingerprint density at radius 1 is 0.278 bits per heavy atom. The van der Waals surface area contributed by atoms with Crippen LogP contribution in [0, 0.1) is 30.6 Å². The van der Waals surface area contributed by atoms with E-state index in [0.717, 1.165) is 225 Å². The van der Waals surface area contributed by atoms with Crippen LogP contribution in [0.3, 0.4) is 0 Å². The molecule has 2 aromatic rings. The highest BCUT2D eigenvalue weighted by Gasteiger charge is 2.24. The second-order valence-electron chi connectivity index (χ2n) is 35.1.